The first-order valence-electron chi connectivity index (χ1n) is 7.51. The summed E-state index contributed by atoms with van der Waals surface area (Å²) in [5.74, 6) is 2.03. The Labute approximate surface area is 112 Å². The lowest BCUT2D eigenvalue weighted by molar-refractivity contribution is -0.0291. The van der Waals surface area contributed by atoms with Crippen LogP contribution in [0.25, 0.3) is 0 Å². The number of nitrogens with two attached hydrogens (primary N) is 1. The van der Waals surface area contributed by atoms with Gasteiger partial charge in [0.25, 0.3) is 0 Å². The predicted octanol–water partition coefficient (Wildman–Crippen LogP) is 2.56. The molecule has 0 aromatic rings. The van der Waals surface area contributed by atoms with Gasteiger partial charge in [0, 0.05) is 12.6 Å². The molecule has 18 heavy (non-hydrogen) atoms. The van der Waals surface area contributed by atoms with E-state index in [1.807, 2.05) is 0 Å². The molecule has 0 spiro atoms. The van der Waals surface area contributed by atoms with Crippen LogP contribution in [-0.2, 0) is 4.74 Å². The van der Waals surface area contributed by atoms with Gasteiger partial charge in [-0.3, -0.25) is 0 Å². The van der Waals surface area contributed by atoms with Crippen molar-refractivity contribution in [3.05, 3.63) is 0 Å². The summed E-state index contributed by atoms with van der Waals surface area (Å²) >= 11 is 0. The van der Waals surface area contributed by atoms with Crippen LogP contribution in [0.4, 0.5) is 0 Å². The van der Waals surface area contributed by atoms with Crippen molar-refractivity contribution < 1.29 is 9.84 Å². The Balaban J connectivity index is 2.29. The molecule has 0 radical (unpaired) electrons. The molecule has 4 atom stereocenters. The largest absolute Gasteiger partial charge is 0.394 e. The van der Waals surface area contributed by atoms with E-state index in [9.17, 15) is 5.11 Å². The molecule has 0 aromatic carbocycles. The first-order valence-corrected chi connectivity index (χ1v) is 7.51. The lowest BCUT2D eigenvalue weighted by atomic mass is 9.83. The van der Waals surface area contributed by atoms with Gasteiger partial charge in [0.15, 0.2) is 0 Å². The fourth-order valence-electron chi connectivity index (χ4n) is 2.98. The molecule has 0 bridgehead atoms. The summed E-state index contributed by atoms with van der Waals surface area (Å²) in [6.07, 6.45) is 5.92. The molecule has 3 nitrogen and oxygen atoms in total. The van der Waals surface area contributed by atoms with Crippen LogP contribution in [-0.4, -0.2) is 30.5 Å². The minimum absolute atomic E-state index is 0.0379. The van der Waals surface area contributed by atoms with Gasteiger partial charge in [0.05, 0.1) is 12.7 Å². The van der Waals surface area contributed by atoms with Crippen molar-refractivity contribution in [3.8, 4) is 0 Å². The Bertz CT molecular complexity index is 221. The van der Waals surface area contributed by atoms with Crippen LogP contribution in [0.3, 0.4) is 0 Å². The highest BCUT2D eigenvalue weighted by molar-refractivity contribution is 4.76. The fourth-order valence-corrected chi connectivity index (χ4v) is 2.98. The molecule has 0 aliphatic heterocycles. The van der Waals surface area contributed by atoms with E-state index in [1.54, 1.807) is 0 Å². The minimum Gasteiger partial charge on any atom is -0.394 e. The van der Waals surface area contributed by atoms with Gasteiger partial charge >= 0.3 is 0 Å². The van der Waals surface area contributed by atoms with Crippen molar-refractivity contribution in [1.29, 1.82) is 0 Å². The third-order valence-corrected chi connectivity index (χ3v) is 3.99. The summed E-state index contributed by atoms with van der Waals surface area (Å²) in [6.45, 7) is 7.42. The van der Waals surface area contributed by atoms with E-state index in [-0.39, 0.29) is 18.8 Å². The summed E-state index contributed by atoms with van der Waals surface area (Å²) in [5, 5.41) is 9.39. The molecular weight excluding hydrogens is 226 g/mol. The van der Waals surface area contributed by atoms with E-state index in [2.05, 4.69) is 20.8 Å². The zero-order chi connectivity index (χ0) is 13.5. The van der Waals surface area contributed by atoms with Gasteiger partial charge in [-0.1, -0.05) is 33.6 Å². The molecule has 3 heteroatoms. The van der Waals surface area contributed by atoms with E-state index < -0.39 is 0 Å². The first kappa shape index (κ1) is 15.9. The number of ether oxygens (including phenoxy) is 1. The third kappa shape index (κ3) is 5.68. The van der Waals surface area contributed by atoms with Gasteiger partial charge < -0.3 is 15.6 Å². The molecule has 0 aromatic heterocycles. The second kappa shape index (κ2) is 8.13. The van der Waals surface area contributed by atoms with Crippen LogP contribution in [0.1, 0.15) is 52.9 Å². The quantitative estimate of drug-likeness (QED) is 0.737. The maximum absolute atomic E-state index is 9.39. The normalized spacial score (nSPS) is 28.3. The van der Waals surface area contributed by atoms with Gasteiger partial charge in [-0.25, -0.2) is 0 Å². The van der Waals surface area contributed by atoms with E-state index in [1.165, 1.54) is 25.7 Å². The van der Waals surface area contributed by atoms with E-state index in [0.29, 0.717) is 11.8 Å². The molecule has 0 saturated heterocycles. The average Bonchev–Trinajstić information content (AvgIpc) is 2.29. The summed E-state index contributed by atoms with van der Waals surface area (Å²) in [7, 11) is 0. The van der Waals surface area contributed by atoms with Crippen LogP contribution in [0.2, 0.25) is 0 Å². The van der Waals surface area contributed by atoms with Crippen molar-refractivity contribution in [2.24, 2.45) is 23.5 Å². The van der Waals surface area contributed by atoms with Gasteiger partial charge in [-0.15, -0.1) is 0 Å². The molecular formula is C15H31NO2. The SMILES string of the molecule is CC(C)CC(N)C(CO)OCC1CCCC(C)C1. The predicted molar refractivity (Wildman–Crippen MR) is 75.4 cm³/mol. The van der Waals surface area contributed by atoms with Crippen molar-refractivity contribution in [1.82, 2.24) is 0 Å². The monoisotopic (exact) mass is 257 g/mol. The smallest absolute Gasteiger partial charge is 0.0956 e. The third-order valence-electron chi connectivity index (χ3n) is 3.99. The van der Waals surface area contributed by atoms with E-state index in [4.69, 9.17) is 10.5 Å². The highest BCUT2D eigenvalue weighted by Crippen LogP contribution is 2.29. The van der Waals surface area contributed by atoms with Gasteiger partial charge in [-0.05, 0) is 37.0 Å². The maximum Gasteiger partial charge on any atom is 0.0956 e. The first-order chi connectivity index (χ1) is 8.52. The summed E-state index contributed by atoms with van der Waals surface area (Å²) < 4.78 is 5.87. The van der Waals surface area contributed by atoms with E-state index in [0.717, 1.165) is 18.9 Å². The van der Waals surface area contributed by atoms with Crippen molar-refractivity contribution in [2.45, 2.75) is 65.0 Å². The van der Waals surface area contributed by atoms with Crippen molar-refractivity contribution >= 4 is 0 Å². The summed E-state index contributed by atoms with van der Waals surface area (Å²) in [5.41, 5.74) is 6.09. The Morgan fingerprint density at radius 3 is 2.61 bits per heavy atom. The number of hydrogen-bond acceptors (Lipinski definition) is 3. The molecule has 1 rings (SSSR count). The minimum atomic E-state index is -0.190. The number of aliphatic hydroxyl groups is 1. The highest BCUT2D eigenvalue weighted by atomic mass is 16.5. The van der Waals surface area contributed by atoms with Gasteiger partial charge in [-0.2, -0.15) is 0 Å². The van der Waals surface area contributed by atoms with Crippen LogP contribution < -0.4 is 5.73 Å². The standard InChI is InChI=1S/C15H31NO2/c1-11(2)7-14(16)15(9-17)18-10-13-6-4-5-12(3)8-13/h11-15,17H,4-10,16H2,1-3H3. The lowest BCUT2D eigenvalue weighted by Gasteiger charge is -2.30. The number of aliphatic hydroxyl groups excluding tert-OH is 1. The van der Waals surface area contributed by atoms with Crippen molar-refractivity contribution in [3.63, 3.8) is 0 Å². The molecule has 1 aliphatic carbocycles. The topological polar surface area (TPSA) is 55.5 Å². The molecule has 0 amide bonds. The Morgan fingerprint density at radius 2 is 2.06 bits per heavy atom. The molecule has 1 saturated carbocycles. The average molecular weight is 257 g/mol. The molecule has 4 unspecified atom stereocenters. The maximum atomic E-state index is 9.39. The zero-order valence-corrected chi connectivity index (χ0v) is 12.3. The zero-order valence-electron chi connectivity index (χ0n) is 12.3. The van der Waals surface area contributed by atoms with Crippen LogP contribution >= 0.6 is 0 Å². The Morgan fingerprint density at radius 1 is 1.33 bits per heavy atom. The fraction of sp³-hybridized carbons (Fsp3) is 1.00. The second-order valence-electron chi connectivity index (χ2n) is 6.49. The second-order valence-corrected chi connectivity index (χ2v) is 6.49. The molecule has 108 valence electrons. The van der Waals surface area contributed by atoms with Crippen LogP contribution in [0, 0.1) is 17.8 Å². The Kier molecular flexibility index (Phi) is 7.20. The van der Waals surface area contributed by atoms with Crippen LogP contribution in [0.5, 0.6) is 0 Å². The molecule has 1 fully saturated rings. The van der Waals surface area contributed by atoms with Crippen LogP contribution in [0.15, 0.2) is 0 Å². The summed E-state index contributed by atoms with van der Waals surface area (Å²) in [6, 6.07) is -0.0454. The van der Waals surface area contributed by atoms with E-state index >= 15 is 0 Å². The number of rotatable bonds is 7. The molecule has 0 heterocycles. The summed E-state index contributed by atoms with van der Waals surface area (Å²) in [4.78, 5) is 0. The lowest BCUT2D eigenvalue weighted by Crippen LogP contribution is -2.41. The highest BCUT2D eigenvalue weighted by Gasteiger charge is 2.23. The molecule has 1 aliphatic rings. The van der Waals surface area contributed by atoms with Crippen molar-refractivity contribution in [2.75, 3.05) is 13.2 Å². The Hall–Kier alpha value is -0.120. The van der Waals surface area contributed by atoms with Gasteiger partial charge in [0.1, 0.15) is 0 Å². The number of hydrogen-bond donors (Lipinski definition) is 2. The van der Waals surface area contributed by atoms with Gasteiger partial charge in [0.2, 0.25) is 0 Å². The molecule has 3 N–H and O–H groups in total.